The zero-order chi connectivity index (χ0) is 13.5. The van der Waals surface area contributed by atoms with Crippen molar-refractivity contribution in [2.75, 3.05) is 6.54 Å². The van der Waals surface area contributed by atoms with E-state index in [0.717, 1.165) is 25.4 Å². The van der Waals surface area contributed by atoms with E-state index in [1.807, 2.05) is 23.1 Å². The normalized spacial score (nSPS) is 35.9. The first kappa shape index (κ1) is 13.2. The van der Waals surface area contributed by atoms with Crippen molar-refractivity contribution in [3.63, 3.8) is 0 Å². The molecule has 3 nitrogen and oxygen atoms in total. The van der Waals surface area contributed by atoms with E-state index in [1.165, 1.54) is 19.3 Å². The highest BCUT2D eigenvalue weighted by atomic mass is 15.3. The zero-order valence-electron chi connectivity index (χ0n) is 12.5. The maximum Gasteiger partial charge on any atom is 0.0489 e. The summed E-state index contributed by atoms with van der Waals surface area (Å²) in [4.78, 5) is 0. The molecule has 1 aromatic heterocycles. The van der Waals surface area contributed by atoms with Crippen LogP contribution < -0.4 is 5.32 Å². The van der Waals surface area contributed by atoms with Gasteiger partial charge in [-0.05, 0) is 55.0 Å². The summed E-state index contributed by atoms with van der Waals surface area (Å²) in [6, 6.07) is 2.68. The van der Waals surface area contributed by atoms with Crippen LogP contribution in [-0.4, -0.2) is 22.4 Å². The molecule has 3 atom stereocenters. The van der Waals surface area contributed by atoms with Crippen LogP contribution >= 0.6 is 0 Å². The summed E-state index contributed by atoms with van der Waals surface area (Å²) < 4.78 is 2.02. The molecule has 0 aliphatic heterocycles. The molecule has 0 spiro atoms. The maximum atomic E-state index is 4.25. The minimum Gasteiger partial charge on any atom is -0.313 e. The fourth-order valence-corrected chi connectivity index (χ4v) is 4.73. The summed E-state index contributed by atoms with van der Waals surface area (Å²) in [6.07, 6.45) is 9.34. The Balaban J connectivity index is 1.52. The van der Waals surface area contributed by atoms with Crippen LogP contribution in [0.4, 0.5) is 0 Å². The first-order valence-electron chi connectivity index (χ1n) is 7.73. The van der Waals surface area contributed by atoms with E-state index in [4.69, 9.17) is 0 Å². The van der Waals surface area contributed by atoms with Crippen molar-refractivity contribution < 1.29 is 0 Å². The number of rotatable bonds is 5. The molecule has 0 amide bonds. The lowest BCUT2D eigenvalue weighted by Gasteiger charge is -2.43. The fourth-order valence-electron chi connectivity index (χ4n) is 4.73. The molecule has 0 radical (unpaired) electrons. The number of nitrogens with one attached hydrogen (secondary N) is 1. The van der Waals surface area contributed by atoms with Gasteiger partial charge in [0, 0.05) is 25.0 Å². The number of fused-ring (bicyclic) bond motifs is 2. The van der Waals surface area contributed by atoms with Gasteiger partial charge in [0.1, 0.15) is 0 Å². The third kappa shape index (κ3) is 2.22. The van der Waals surface area contributed by atoms with Crippen molar-refractivity contribution in [3.8, 4) is 0 Å². The van der Waals surface area contributed by atoms with Crippen LogP contribution in [0.2, 0.25) is 0 Å². The minimum absolute atomic E-state index is 0.471. The molecular weight excluding hydrogens is 234 g/mol. The molecule has 1 aromatic rings. The Hall–Kier alpha value is -0.830. The van der Waals surface area contributed by atoms with Crippen LogP contribution in [-0.2, 0) is 6.54 Å². The maximum absolute atomic E-state index is 4.25. The molecule has 2 aliphatic rings. The third-order valence-corrected chi connectivity index (χ3v) is 5.74. The lowest BCUT2D eigenvalue weighted by atomic mass is 9.68. The van der Waals surface area contributed by atoms with Gasteiger partial charge < -0.3 is 5.32 Å². The Morgan fingerprint density at radius 2 is 2.21 bits per heavy atom. The highest BCUT2D eigenvalue weighted by molar-refractivity contribution is 5.11. The molecular formula is C16H27N3. The van der Waals surface area contributed by atoms with Gasteiger partial charge in [-0.3, -0.25) is 4.68 Å². The third-order valence-electron chi connectivity index (χ3n) is 5.74. The Morgan fingerprint density at radius 3 is 2.84 bits per heavy atom. The Labute approximate surface area is 116 Å². The molecule has 19 heavy (non-hydrogen) atoms. The van der Waals surface area contributed by atoms with Crippen molar-refractivity contribution in [1.29, 1.82) is 0 Å². The Kier molecular flexibility index (Phi) is 3.20. The van der Waals surface area contributed by atoms with Crippen LogP contribution in [0, 0.1) is 16.7 Å². The second kappa shape index (κ2) is 4.62. The lowest BCUT2D eigenvalue weighted by molar-refractivity contribution is 0.109. The Morgan fingerprint density at radius 1 is 1.37 bits per heavy atom. The van der Waals surface area contributed by atoms with E-state index in [-0.39, 0.29) is 0 Å². The minimum atomic E-state index is 0.471. The topological polar surface area (TPSA) is 29.9 Å². The van der Waals surface area contributed by atoms with Gasteiger partial charge in [0.25, 0.3) is 0 Å². The smallest absolute Gasteiger partial charge is 0.0489 e. The van der Waals surface area contributed by atoms with Gasteiger partial charge in [0.2, 0.25) is 0 Å². The molecule has 2 fully saturated rings. The van der Waals surface area contributed by atoms with E-state index in [9.17, 15) is 0 Å². The monoisotopic (exact) mass is 261 g/mol. The van der Waals surface area contributed by atoms with Crippen molar-refractivity contribution >= 4 is 0 Å². The largest absolute Gasteiger partial charge is 0.313 e. The van der Waals surface area contributed by atoms with Crippen molar-refractivity contribution in [2.24, 2.45) is 16.7 Å². The highest BCUT2D eigenvalue weighted by Crippen LogP contribution is 2.62. The summed E-state index contributed by atoms with van der Waals surface area (Å²) in [5, 5.41) is 8.12. The Bertz CT molecular complexity index is 418. The molecule has 3 unspecified atom stereocenters. The average molecular weight is 261 g/mol. The first-order chi connectivity index (χ1) is 9.02. The molecule has 0 aromatic carbocycles. The van der Waals surface area contributed by atoms with Crippen LogP contribution in [0.5, 0.6) is 0 Å². The van der Waals surface area contributed by atoms with Gasteiger partial charge in [-0.15, -0.1) is 0 Å². The number of hydrogen-bond acceptors (Lipinski definition) is 2. The van der Waals surface area contributed by atoms with Gasteiger partial charge in [-0.2, -0.15) is 5.10 Å². The molecule has 2 bridgehead atoms. The van der Waals surface area contributed by atoms with Gasteiger partial charge in [0.05, 0.1) is 0 Å². The van der Waals surface area contributed by atoms with Gasteiger partial charge >= 0.3 is 0 Å². The molecule has 2 aliphatic carbocycles. The SMILES string of the molecule is CC12CCC(C1)C(C)(C)C2NCCCn1cccn1. The summed E-state index contributed by atoms with van der Waals surface area (Å²) >= 11 is 0. The summed E-state index contributed by atoms with van der Waals surface area (Å²) in [5.41, 5.74) is 1.01. The number of aryl methyl sites for hydroxylation is 1. The van der Waals surface area contributed by atoms with Crippen molar-refractivity contribution in [1.82, 2.24) is 15.1 Å². The molecule has 3 heteroatoms. The van der Waals surface area contributed by atoms with Gasteiger partial charge in [-0.1, -0.05) is 20.8 Å². The van der Waals surface area contributed by atoms with Crippen LogP contribution in [0.15, 0.2) is 18.5 Å². The predicted octanol–water partition coefficient (Wildman–Crippen LogP) is 3.08. The van der Waals surface area contributed by atoms with E-state index >= 15 is 0 Å². The predicted molar refractivity (Wildman–Crippen MR) is 77.9 cm³/mol. The first-order valence-corrected chi connectivity index (χ1v) is 7.73. The summed E-state index contributed by atoms with van der Waals surface area (Å²) in [7, 11) is 0. The standard InChI is InChI=1S/C16H27N3/c1-15(2)13-6-7-16(3,12-13)14(15)17-8-4-10-19-11-5-9-18-19/h5,9,11,13-14,17H,4,6-8,10,12H2,1-3H3. The molecule has 1 N–H and O–H groups in total. The van der Waals surface area contributed by atoms with E-state index in [1.54, 1.807) is 0 Å². The summed E-state index contributed by atoms with van der Waals surface area (Å²) in [6.45, 7) is 9.55. The average Bonchev–Trinajstić information content (AvgIpc) is 3.01. The second-order valence-corrected chi connectivity index (χ2v) is 7.42. The number of hydrogen-bond donors (Lipinski definition) is 1. The van der Waals surface area contributed by atoms with E-state index < -0.39 is 0 Å². The van der Waals surface area contributed by atoms with Gasteiger partial charge in [0.15, 0.2) is 0 Å². The molecule has 0 saturated heterocycles. The van der Waals surface area contributed by atoms with Crippen LogP contribution in [0.3, 0.4) is 0 Å². The number of aromatic nitrogens is 2. The van der Waals surface area contributed by atoms with Gasteiger partial charge in [-0.25, -0.2) is 0 Å². The number of nitrogens with zero attached hydrogens (tertiary/aromatic N) is 2. The fraction of sp³-hybridized carbons (Fsp3) is 0.812. The molecule has 1 heterocycles. The molecule has 106 valence electrons. The highest BCUT2D eigenvalue weighted by Gasteiger charge is 2.58. The summed E-state index contributed by atoms with van der Waals surface area (Å²) in [5.74, 6) is 0.932. The quantitative estimate of drug-likeness (QED) is 0.826. The molecule has 3 rings (SSSR count). The molecule has 2 saturated carbocycles. The van der Waals surface area contributed by atoms with Crippen LogP contribution in [0.25, 0.3) is 0 Å². The zero-order valence-corrected chi connectivity index (χ0v) is 12.5. The van der Waals surface area contributed by atoms with Crippen LogP contribution in [0.1, 0.15) is 46.5 Å². The van der Waals surface area contributed by atoms with Crippen molar-refractivity contribution in [3.05, 3.63) is 18.5 Å². The van der Waals surface area contributed by atoms with E-state index in [0.29, 0.717) is 16.9 Å². The second-order valence-electron chi connectivity index (χ2n) is 7.42. The van der Waals surface area contributed by atoms with E-state index in [2.05, 4.69) is 31.2 Å². The van der Waals surface area contributed by atoms with Crippen molar-refractivity contribution in [2.45, 2.75) is 59.0 Å². The lowest BCUT2D eigenvalue weighted by Crippen LogP contribution is -2.50.